The van der Waals surface area contributed by atoms with Gasteiger partial charge in [-0.25, -0.2) is 0 Å². The van der Waals surface area contributed by atoms with Gasteiger partial charge in [0.25, 0.3) is 0 Å². The van der Waals surface area contributed by atoms with Gasteiger partial charge in [-0.05, 0) is 44.5 Å². The van der Waals surface area contributed by atoms with Crippen molar-refractivity contribution in [3.05, 3.63) is 28.8 Å². The van der Waals surface area contributed by atoms with E-state index in [1.54, 1.807) is 6.07 Å². The maximum atomic E-state index is 8.91. The minimum absolute atomic E-state index is 0.472. The van der Waals surface area contributed by atoms with E-state index >= 15 is 0 Å². The van der Waals surface area contributed by atoms with Crippen LogP contribution in [0, 0.1) is 11.3 Å². The van der Waals surface area contributed by atoms with Crippen molar-refractivity contribution in [3.8, 4) is 6.07 Å². The molecule has 0 saturated carbocycles. The number of anilines is 1. The van der Waals surface area contributed by atoms with Gasteiger partial charge in [0, 0.05) is 25.2 Å². The van der Waals surface area contributed by atoms with Crippen LogP contribution in [0.4, 0.5) is 5.69 Å². The number of hydrogen-bond donors (Lipinski definition) is 0. The highest BCUT2D eigenvalue weighted by atomic mass is 35.5. The molecule has 1 aromatic carbocycles. The molecule has 3 rings (SSSR count). The average Bonchev–Trinajstić information content (AvgIpc) is 2.85. The molecule has 100 valence electrons. The van der Waals surface area contributed by atoms with Crippen LogP contribution in [-0.2, 0) is 0 Å². The summed E-state index contributed by atoms with van der Waals surface area (Å²) in [6.07, 6.45) is 2.60. The fourth-order valence-corrected chi connectivity index (χ4v) is 3.62. The summed E-state index contributed by atoms with van der Waals surface area (Å²) in [5, 5.41) is 9.60. The van der Waals surface area contributed by atoms with Crippen molar-refractivity contribution in [3.63, 3.8) is 0 Å². The Labute approximate surface area is 119 Å². The molecule has 0 N–H and O–H groups in total. The van der Waals surface area contributed by atoms with Gasteiger partial charge in [0.2, 0.25) is 0 Å². The molecule has 19 heavy (non-hydrogen) atoms. The number of hydrogen-bond acceptors (Lipinski definition) is 3. The monoisotopic (exact) mass is 275 g/mol. The number of benzene rings is 1. The van der Waals surface area contributed by atoms with Gasteiger partial charge in [0.15, 0.2) is 0 Å². The van der Waals surface area contributed by atoms with Crippen LogP contribution in [0.1, 0.15) is 25.3 Å². The minimum atomic E-state index is 0.472. The maximum Gasteiger partial charge on any atom is 0.0992 e. The molecule has 0 radical (unpaired) electrons. The van der Waals surface area contributed by atoms with Crippen LogP contribution in [0.15, 0.2) is 18.2 Å². The van der Waals surface area contributed by atoms with Crippen LogP contribution >= 0.6 is 11.6 Å². The maximum absolute atomic E-state index is 8.91. The van der Waals surface area contributed by atoms with Gasteiger partial charge in [-0.1, -0.05) is 11.6 Å². The lowest BCUT2D eigenvalue weighted by Gasteiger charge is -2.44. The van der Waals surface area contributed by atoms with Crippen molar-refractivity contribution >= 4 is 17.3 Å². The lowest BCUT2D eigenvalue weighted by Crippen LogP contribution is -2.55. The average molecular weight is 276 g/mol. The molecule has 0 bridgehead atoms. The third kappa shape index (κ3) is 2.31. The predicted molar refractivity (Wildman–Crippen MR) is 77.6 cm³/mol. The van der Waals surface area contributed by atoms with E-state index in [1.165, 1.54) is 19.4 Å². The number of fused-ring (bicyclic) bond motifs is 1. The largest absolute Gasteiger partial charge is 0.365 e. The predicted octanol–water partition coefficient (Wildman–Crippen LogP) is 2.88. The van der Waals surface area contributed by atoms with Crippen LogP contribution in [0.5, 0.6) is 0 Å². The first-order valence-electron chi connectivity index (χ1n) is 6.89. The van der Waals surface area contributed by atoms with Gasteiger partial charge < -0.3 is 4.90 Å². The molecule has 3 nitrogen and oxygen atoms in total. The Morgan fingerprint density at radius 2 is 2.21 bits per heavy atom. The molecule has 1 aromatic rings. The van der Waals surface area contributed by atoms with E-state index in [9.17, 15) is 0 Å². The summed E-state index contributed by atoms with van der Waals surface area (Å²) >= 11 is 6.34. The summed E-state index contributed by atoms with van der Waals surface area (Å²) in [7, 11) is 0. The topological polar surface area (TPSA) is 30.3 Å². The molecule has 2 aliphatic heterocycles. The van der Waals surface area contributed by atoms with Crippen molar-refractivity contribution < 1.29 is 0 Å². The molecule has 0 aromatic heterocycles. The van der Waals surface area contributed by atoms with Crippen molar-refractivity contribution in [1.82, 2.24) is 4.90 Å². The third-order valence-corrected chi connectivity index (χ3v) is 4.63. The normalized spacial score (nSPS) is 27.1. The van der Waals surface area contributed by atoms with Gasteiger partial charge in [0.05, 0.1) is 22.3 Å². The Bertz CT molecular complexity index is 523. The van der Waals surface area contributed by atoms with E-state index in [0.29, 0.717) is 22.7 Å². The second kappa shape index (κ2) is 5.03. The lowest BCUT2D eigenvalue weighted by molar-refractivity contribution is 0.203. The molecular weight excluding hydrogens is 258 g/mol. The lowest BCUT2D eigenvalue weighted by atomic mass is 10.1. The molecule has 0 spiro atoms. The number of nitrogens with zero attached hydrogens (tertiary/aromatic N) is 3. The Kier molecular flexibility index (Phi) is 3.38. The van der Waals surface area contributed by atoms with Crippen molar-refractivity contribution in [1.29, 1.82) is 5.26 Å². The summed E-state index contributed by atoms with van der Waals surface area (Å²) in [5.41, 5.74) is 1.70. The SMILES string of the molecule is CC1CN2CCCC2CN1c1ccc(C#N)cc1Cl. The molecule has 2 heterocycles. The van der Waals surface area contributed by atoms with Crippen LogP contribution in [0.2, 0.25) is 5.02 Å². The summed E-state index contributed by atoms with van der Waals surface area (Å²) in [4.78, 5) is 4.99. The quantitative estimate of drug-likeness (QED) is 0.789. The smallest absolute Gasteiger partial charge is 0.0992 e. The van der Waals surface area contributed by atoms with Crippen LogP contribution in [0.25, 0.3) is 0 Å². The molecule has 2 unspecified atom stereocenters. The van der Waals surface area contributed by atoms with Crippen molar-refractivity contribution in [2.45, 2.75) is 31.8 Å². The number of nitriles is 1. The summed E-state index contributed by atoms with van der Waals surface area (Å²) in [5.74, 6) is 0. The van der Waals surface area contributed by atoms with E-state index in [0.717, 1.165) is 18.8 Å². The first-order valence-corrected chi connectivity index (χ1v) is 7.27. The summed E-state index contributed by atoms with van der Waals surface area (Å²) in [6, 6.07) is 8.89. The van der Waals surface area contributed by atoms with Crippen molar-refractivity contribution in [2.24, 2.45) is 0 Å². The van der Waals surface area contributed by atoms with Gasteiger partial charge in [-0.15, -0.1) is 0 Å². The Morgan fingerprint density at radius 3 is 2.95 bits per heavy atom. The van der Waals surface area contributed by atoms with Crippen LogP contribution in [0.3, 0.4) is 0 Å². The molecule has 2 aliphatic rings. The van der Waals surface area contributed by atoms with E-state index in [1.807, 2.05) is 12.1 Å². The standard InChI is InChI=1S/C15H18ClN3/c1-11-9-18-6-2-3-13(18)10-19(11)15-5-4-12(8-17)7-14(15)16/h4-5,7,11,13H,2-3,6,9-10H2,1H3. The highest BCUT2D eigenvalue weighted by molar-refractivity contribution is 6.33. The minimum Gasteiger partial charge on any atom is -0.365 e. The second-order valence-corrected chi connectivity index (χ2v) is 5.98. The van der Waals surface area contributed by atoms with E-state index in [-0.39, 0.29) is 0 Å². The Hall–Kier alpha value is -1.24. The molecule has 0 amide bonds. The first-order chi connectivity index (χ1) is 9.19. The number of rotatable bonds is 1. The van der Waals surface area contributed by atoms with Gasteiger partial charge >= 0.3 is 0 Å². The number of halogens is 1. The van der Waals surface area contributed by atoms with Gasteiger partial charge in [-0.2, -0.15) is 5.26 Å². The molecule has 2 atom stereocenters. The Morgan fingerprint density at radius 1 is 1.37 bits per heavy atom. The van der Waals surface area contributed by atoms with E-state index < -0.39 is 0 Å². The van der Waals surface area contributed by atoms with Gasteiger partial charge in [-0.3, -0.25) is 4.90 Å². The molecule has 2 saturated heterocycles. The molecule has 0 aliphatic carbocycles. The van der Waals surface area contributed by atoms with E-state index in [2.05, 4.69) is 22.8 Å². The summed E-state index contributed by atoms with van der Waals surface area (Å²) in [6.45, 7) is 5.65. The van der Waals surface area contributed by atoms with Gasteiger partial charge in [0.1, 0.15) is 0 Å². The highest BCUT2D eigenvalue weighted by Crippen LogP contribution is 2.33. The van der Waals surface area contributed by atoms with Crippen LogP contribution in [-0.4, -0.2) is 36.6 Å². The van der Waals surface area contributed by atoms with Crippen LogP contribution < -0.4 is 4.90 Å². The zero-order valence-electron chi connectivity index (χ0n) is 11.1. The molecular formula is C15H18ClN3. The first kappa shape index (κ1) is 12.8. The molecule has 2 fully saturated rings. The number of piperazine rings is 1. The second-order valence-electron chi connectivity index (χ2n) is 5.57. The zero-order valence-corrected chi connectivity index (χ0v) is 11.9. The van der Waals surface area contributed by atoms with Crippen molar-refractivity contribution in [2.75, 3.05) is 24.5 Å². The fraction of sp³-hybridized carbons (Fsp3) is 0.533. The third-order valence-electron chi connectivity index (χ3n) is 4.32. The fourth-order valence-electron chi connectivity index (χ4n) is 3.33. The zero-order chi connectivity index (χ0) is 13.4. The molecule has 4 heteroatoms. The summed E-state index contributed by atoms with van der Waals surface area (Å²) < 4.78 is 0. The Balaban J connectivity index is 1.87. The van der Waals surface area contributed by atoms with E-state index in [4.69, 9.17) is 16.9 Å². The highest BCUT2D eigenvalue weighted by Gasteiger charge is 2.34.